The summed E-state index contributed by atoms with van der Waals surface area (Å²) in [6, 6.07) is 11.0. The number of benzene rings is 2. The van der Waals surface area contributed by atoms with Crippen LogP contribution in [0.25, 0.3) is 0 Å². The average Bonchev–Trinajstić information content (AvgIpc) is 2.76. The number of nitrogens with one attached hydrogen (secondary N) is 1. The van der Waals surface area contributed by atoms with Gasteiger partial charge in [0, 0.05) is 12.6 Å². The van der Waals surface area contributed by atoms with Crippen molar-refractivity contribution in [2.75, 3.05) is 17.1 Å². The zero-order chi connectivity index (χ0) is 25.6. The van der Waals surface area contributed by atoms with Crippen molar-refractivity contribution in [3.8, 4) is 0 Å². The third-order valence-electron chi connectivity index (χ3n) is 5.25. The SMILES string of the molecule is CCc1ccc(N(CC(=O)N(Cc2ccc(Cl)c(Cl)c2)[C@H](C)C(=O)NC(C)C)S(C)(=O)=O)cc1. The van der Waals surface area contributed by atoms with Crippen LogP contribution in [0.4, 0.5) is 5.69 Å². The molecular weight excluding hydrogens is 497 g/mol. The van der Waals surface area contributed by atoms with Crippen molar-refractivity contribution in [3.63, 3.8) is 0 Å². The quantitative estimate of drug-likeness (QED) is 0.499. The predicted octanol–water partition coefficient (Wildman–Crippen LogP) is 4.26. The van der Waals surface area contributed by atoms with E-state index in [1.807, 2.05) is 32.9 Å². The minimum absolute atomic E-state index is 0.0504. The lowest BCUT2D eigenvalue weighted by Crippen LogP contribution is -2.52. The Balaban J connectivity index is 2.40. The second-order valence-electron chi connectivity index (χ2n) is 8.40. The molecule has 2 rings (SSSR count). The summed E-state index contributed by atoms with van der Waals surface area (Å²) in [6.45, 7) is 6.84. The molecule has 0 radical (unpaired) electrons. The summed E-state index contributed by atoms with van der Waals surface area (Å²) in [4.78, 5) is 27.6. The number of nitrogens with zero attached hydrogens (tertiary/aromatic N) is 2. The lowest BCUT2D eigenvalue weighted by Gasteiger charge is -2.32. The average molecular weight is 529 g/mol. The summed E-state index contributed by atoms with van der Waals surface area (Å²) in [7, 11) is -3.77. The van der Waals surface area contributed by atoms with E-state index < -0.39 is 28.5 Å². The van der Waals surface area contributed by atoms with E-state index in [-0.39, 0.29) is 18.5 Å². The molecule has 0 heterocycles. The Morgan fingerprint density at radius 2 is 1.56 bits per heavy atom. The van der Waals surface area contributed by atoms with Gasteiger partial charge in [0.05, 0.1) is 22.0 Å². The highest BCUT2D eigenvalue weighted by molar-refractivity contribution is 7.92. The molecule has 0 spiro atoms. The molecular formula is C24H31Cl2N3O4S. The van der Waals surface area contributed by atoms with Crippen LogP contribution in [-0.2, 0) is 32.6 Å². The molecule has 0 aromatic heterocycles. The van der Waals surface area contributed by atoms with E-state index in [0.29, 0.717) is 21.3 Å². The first-order chi connectivity index (χ1) is 15.8. The molecule has 0 aliphatic carbocycles. The monoisotopic (exact) mass is 527 g/mol. The van der Waals surface area contributed by atoms with Crippen molar-refractivity contribution in [1.29, 1.82) is 0 Å². The number of sulfonamides is 1. The van der Waals surface area contributed by atoms with Gasteiger partial charge in [-0.3, -0.25) is 13.9 Å². The number of halogens is 2. The van der Waals surface area contributed by atoms with Crippen LogP contribution in [0.3, 0.4) is 0 Å². The van der Waals surface area contributed by atoms with Crippen LogP contribution in [0.5, 0.6) is 0 Å². The van der Waals surface area contributed by atoms with Gasteiger partial charge in [-0.1, -0.05) is 48.3 Å². The number of carbonyl (C=O) groups is 2. The normalized spacial score (nSPS) is 12.4. The van der Waals surface area contributed by atoms with Gasteiger partial charge in [-0.25, -0.2) is 8.42 Å². The van der Waals surface area contributed by atoms with Crippen LogP contribution < -0.4 is 9.62 Å². The molecule has 0 aliphatic heterocycles. The minimum Gasteiger partial charge on any atom is -0.352 e. The summed E-state index contributed by atoms with van der Waals surface area (Å²) >= 11 is 12.1. The highest BCUT2D eigenvalue weighted by Gasteiger charge is 2.30. The van der Waals surface area contributed by atoms with Crippen LogP contribution >= 0.6 is 23.2 Å². The Labute approximate surface area is 212 Å². The van der Waals surface area contributed by atoms with Crippen LogP contribution in [0.1, 0.15) is 38.8 Å². The first-order valence-electron chi connectivity index (χ1n) is 10.9. The highest BCUT2D eigenvalue weighted by Crippen LogP contribution is 2.24. The van der Waals surface area contributed by atoms with E-state index in [2.05, 4.69) is 5.32 Å². The Morgan fingerprint density at radius 3 is 2.06 bits per heavy atom. The molecule has 0 aliphatic rings. The summed E-state index contributed by atoms with van der Waals surface area (Å²) in [6.07, 6.45) is 1.85. The molecule has 186 valence electrons. The molecule has 0 unspecified atom stereocenters. The van der Waals surface area contributed by atoms with E-state index in [9.17, 15) is 18.0 Å². The van der Waals surface area contributed by atoms with Crippen LogP contribution in [0.2, 0.25) is 10.0 Å². The fraction of sp³-hybridized carbons (Fsp3) is 0.417. The Morgan fingerprint density at radius 1 is 0.971 bits per heavy atom. The molecule has 7 nitrogen and oxygen atoms in total. The molecule has 0 saturated heterocycles. The number of anilines is 1. The second kappa shape index (κ2) is 11.9. The van der Waals surface area contributed by atoms with Gasteiger partial charge in [-0.2, -0.15) is 0 Å². The van der Waals surface area contributed by atoms with E-state index in [1.165, 1.54) is 4.90 Å². The van der Waals surface area contributed by atoms with Crippen molar-refractivity contribution in [3.05, 3.63) is 63.6 Å². The Kier molecular flexibility index (Phi) is 9.79. The number of hydrogen-bond acceptors (Lipinski definition) is 4. The maximum absolute atomic E-state index is 13.5. The van der Waals surface area contributed by atoms with E-state index >= 15 is 0 Å². The number of aryl methyl sites for hydroxylation is 1. The van der Waals surface area contributed by atoms with E-state index in [0.717, 1.165) is 22.5 Å². The molecule has 1 atom stereocenters. The van der Waals surface area contributed by atoms with Crippen molar-refractivity contribution >= 4 is 50.7 Å². The number of amides is 2. The predicted molar refractivity (Wildman–Crippen MR) is 138 cm³/mol. The molecule has 0 fully saturated rings. The van der Waals surface area contributed by atoms with Crippen LogP contribution in [0.15, 0.2) is 42.5 Å². The number of hydrogen-bond donors (Lipinski definition) is 1. The molecule has 2 aromatic carbocycles. The molecule has 0 saturated carbocycles. The summed E-state index contributed by atoms with van der Waals surface area (Å²) in [5.74, 6) is -0.871. The van der Waals surface area contributed by atoms with Crippen LogP contribution in [-0.4, -0.2) is 50.0 Å². The zero-order valence-electron chi connectivity index (χ0n) is 20.0. The van der Waals surface area contributed by atoms with Gasteiger partial charge in [0.2, 0.25) is 21.8 Å². The first kappa shape index (κ1) is 28.0. The molecule has 1 N–H and O–H groups in total. The Hall–Kier alpha value is -2.29. The van der Waals surface area contributed by atoms with Crippen molar-refractivity contribution < 1.29 is 18.0 Å². The second-order valence-corrected chi connectivity index (χ2v) is 11.1. The lowest BCUT2D eigenvalue weighted by atomic mass is 10.1. The number of rotatable bonds is 10. The van der Waals surface area contributed by atoms with Gasteiger partial charge < -0.3 is 10.2 Å². The molecule has 2 aromatic rings. The largest absolute Gasteiger partial charge is 0.352 e. The zero-order valence-corrected chi connectivity index (χ0v) is 22.3. The lowest BCUT2D eigenvalue weighted by molar-refractivity contribution is -0.139. The highest BCUT2D eigenvalue weighted by atomic mass is 35.5. The summed E-state index contributed by atoms with van der Waals surface area (Å²) < 4.78 is 26.2. The van der Waals surface area contributed by atoms with E-state index in [4.69, 9.17) is 23.2 Å². The van der Waals surface area contributed by atoms with Crippen molar-refractivity contribution in [2.45, 2.75) is 52.7 Å². The first-order valence-corrected chi connectivity index (χ1v) is 13.5. The molecule has 10 heteroatoms. The maximum Gasteiger partial charge on any atom is 0.244 e. The van der Waals surface area contributed by atoms with Crippen molar-refractivity contribution in [2.24, 2.45) is 0 Å². The fourth-order valence-electron chi connectivity index (χ4n) is 3.33. The molecule has 0 bridgehead atoms. The van der Waals surface area contributed by atoms with Gasteiger partial charge in [0.1, 0.15) is 12.6 Å². The Bertz CT molecular complexity index is 1120. The smallest absolute Gasteiger partial charge is 0.244 e. The van der Waals surface area contributed by atoms with Gasteiger partial charge in [0.15, 0.2) is 0 Å². The third kappa shape index (κ3) is 7.61. The number of carbonyl (C=O) groups excluding carboxylic acids is 2. The van der Waals surface area contributed by atoms with Gasteiger partial charge in [-0.15, -0.1) is 0 Å². The molecule has 34 heavy (non-hydrogen) atoms. The maximum atomic E-state index is 13.5. The topological polar surface area (TPSA) is 86.8 Å². The van der Waals surface area contributed by atoms with Gasteiger partial charge >= 0.3 is 0 Å². The van der Waals surface area contributed by atoms with Gasteiger partial charge in [0.25, 0.3) is 0 Å². The van der Waals surface area contributed by atoms with E-state index in [1.54, 1.807) is 37.3 Å². The standard InChI is InChI=1S/C24H31Cl2N3O4S/c1-6-18-7-10-20(11-8-18)29(34(5,32)33)15-23(30)28(17(4)24(31)27-16(2)3)14-19-9-12-21(25)22(26)13-19/h7-13,16-17H,6,14-15H2,1-5H3,(H,27,31)/t17-/m1/s1. The van der Waals surface area contributed by atoms with Gasteiger partial charge in [-0.05, 0) is 62.6 Å². The van der Waals surface area contributed by atoms with Crippen molar-refractivity contribution in [1.82, 2.24) is 10.2 Å². The summed E-state index contributed by atoms with van der Waals surface area (Å²) in [5, 5.41) is 3.49. The molecule has 2 amide bonds. The fourth-order valence-corrected chi connectivity index (χ4v) is 4.50. The minimum atomic E-state index is -3.77. The third-order valence-corrected chi connectivity index (χ3v) is 7.13. The summed E-state index contributed by atoms with van der Waals surface area (Å²) in [5.41, 5.74) is 2.08. The van der Waals surface area contributed by atoms with Crippen LogP contribution in [0, 0.1) is 0 Å².